The smallest absolute Gasteiger partial charge is 0.298 e. The number of phenolic OH excluding ortho intramolecular Hbond substituents is 2. The van der Waals surface area contributed by atoms with Gasteiger partial charge in [-0.25, -0.2) is 0 Å². The summed E-state index contributed by atoms with van der Waals surface area (Å²) in [6.07, 6.45) is -1.37. The van der Waals surface area contributed by atoms with Gasteiger partial charge in [-0.1, -0.05) is 6.07 Å². The van der Waals surface area contributed by atoms with Gasteiger partial charge >= 0.3 is 0 Å². The van der Waals surface area contributed by atoms with Crippen LogP contribution in [-0.4, -0.2) is 34.8 Å². The molecule has 0 bridgehead atoms. The van der Waals surface area contributed by atoms with Crippen molar-refractivity contribution in [2.45, 2.75) is 11.0 Å². The molecule has 0 unspecified atom stereocenters. The predicted octanol–water partition coefficient (Wildman–Crippen LogP) is -0.663. The quantitative estimate of drug-likeness (QED) is 0.353. The Bertz CT molecular complexity index is 497. The lowest BCUT2D eigenvalue weighted by Gasteiger charge is -2.13. The standard InChI is InChI=1S/C8H11NO6S/c9-3-6(11)4-1-2-5(10)7(12)8(4)16(13,14)15/h1-2,6,10-12H,3,9H2,(H,13,14,15)/t6-/m1/s1. The molecule has 0 aliphatic carbocycles. The summed E-state index contributed by atoms with van der Waals surface area (Å²) >= 11 is 0. The third kappa shape index (κ3) is 2.25. The molecule has 1 atom stereocenters. The van der Waals surface area contributed by atoms with Crippen LogP contribution >= 0.6 is 0 Å². The second-order valence-corrected chi connectivity index (χ2v) is 4.44. The van der Waals surface area contributed by atoms with Gasteiger partial charge in [-0.05, 0) is 6.07 Å². The molecular weight excluding hydrogens is 238 g/mol. The molecule has 7 nitrogen and oxygen atoms in total. The zero-order valence-electron chi connectivity index (χ0n) is 8.03. The maximum absolute atomic E-state index is 11.0. The fourth-order valence-corrected chi connectivity index (χ4v) is 2.09. The van der Waals surface area contributed by atoms with Crippen LogP contribution in [0.3, 0.4) is 0 Å². The lowest BCUT2D eigenvalue weighted by atomic mass is 10.1. The Kier molecular flexibility index (Phi) is 3.38. The molecule has 1 aromatic rings. The second kappa shape index (κ2) is 4.26. The molecule has 16 heavy (non-hydrogen) atoms. The molecule has 90 valence electrons. The highest BCUT2D eigenvalue weighted by atomic mass is 32.2. The molecule has 1 aromatic carbocycles. The number of hydrogen-bond donors (Lipinski definition) is 5. The van der Waals surface area contributed by atoms with E-state index in [0.717, 1.165) is 12.1 Å². The normalized spacial score (nSPS) is 13.7. The summed E-state index contributed by atoms with van der Waals surface area (Å²) in [5.41, 5.74) is 4.86. The Labute approximate surface area is 91.5 Å². The molecule has 0 saturated carbocycles. The molecular formula is C8H11NO6S. The van der Waals surface area contributed by atoms with E-state index in [1.54, 1.807) is 0 Å². The van der Waals surface area contributed by atoms with Crippen LogP contribution in [-0.2, 0) is 10.1 Å². The van der Waals surface area contributed by atoms with Crippen molar-refractivity contribution in [2.24, 2.45) is 5.73 Å². The Hall–Kier alpha value is -1.35. The lowest BCUT2D eigenvalue weighted by molar-refractivity contribution is 0.182. The molecule has 0 saturated heterocycles. The monoisotopic (exact) mass is 249 g/mol. The summed E-state index contributed by atoms with van der Waals surface area (Å²) in [6.45, 7) is -0.299. The van der Waals surface area contributed by atoms with E-state index in [0.29, 0.717) is 0 Å². The molecule has 0 spiro atoms. The first-order valence-corrected chi connectivity index (χ1v) is 5.63. The van der Waals surface area contributed by atoms with E-state index in [-0.39, 0.29) is 12.1 Å². The van der Waals surface area contributed by atoms with Gasteiger partial charge in [0.05, 0.1) is 6.10 Å². The zero-order valence-corrected chi connectivity index (χ0v) is 8.85. The maximum atomic E-state index is 11.0. The van der Waals surface area contributed by atoms with Crippen LogP contribution in [0.25, 0.3) is 0 Å². The first kappa shape index (κ1) is 12.7. The van der Waals surface area contributed by atoms with E-state index in [2.05, 4.69) is 0 Å². The molecule has 1 rings (SSSR count). The van der Waals surface area contributed by atoms with Crippen LogP contribution in [0.4, 0.5) is 0 Å². The zero-order chi connectivity index (χ0) is 12.5. The van der Waals surface area contributed by atoms with Crippen LogP contribution in [0.15, 0.2) is 17.0 Å². The second-order valence-electron chi connectivity index (χ2n) is 3.08. The maximum Gasteiger partial charge on any atom is 0.298 e. The molecule has 0 radical (unpaired) electrons. The molecule has 8 heteroatoms. The van der Waals surface area contributed by atoms with Crippen LogP contribution < -0.4 is 5.73 Å². The first-order chi connectivity index (χ1) is 7.29. The Morgan fingerprint density at radius 1 is 1.31 bits per heavy atom. The lowest BCUT2D eigenvalue weighted by Crippen LogP contribution is -2.15. The van der Waals surface area contributed by atoms with Crippen molar-refractivity contribution in [2.75, 3.05) is 6.54 Å². The number of aliphatic hydroxyl groups excluding tert-OH is 1. The molecule has 6 N–H and O–H groups in total. The number of aliphatic hydroxyl groups is 1. The van der Waals surface area contributed by atoms with Crippen molar-refractivity contribution in [3.63, 3.8) is 0 Å². The van der Waals surface area contributed by atoms with Crippen molar-refractivity contribution in [1.82, 2.24) is 0 Å². The molecule has 0 amide bonds. The van der Waals surface area contributed by atoms with E-state index in [1.807, 2.05) is 0 Å². The van der Waals surface area contributed by atoms with Crippen LogP contribution in [0.1, 0.15) is 11.7 Å². The molecule has 0 aromatic heterocycles. The van der Waals surface area contributed by atoms with Gasteiger partial charge in [0.15, 0.2) is 11.5 Å². The van der Waals surface area contributed by atoms with Crippen molar-refractivity contribution >= 4 is 10.1 Å². The minimum Gasteiger partial charge on any atom is -0.504 e. The van der Waals surface area contributed by atoms with Gasteiger partial charge in [0.25, 0.3) is 10.1 Å². The average molecular weight is 249 g/mol. The van der Waals surface area contributed by atoms with E-state index >= 15 is 0 Å². The summed E-state index contributed by atoms with van der Waals surface area (Å²) in [5.74, 6) is -1.74. The Morgan fingerprint density at radius 2 is 1.88 bits per heavy atom. The number of aromatic hydroxyl groups is 2. The number of rotatable bonds is 3. The van der Waals surface area contributed by atoms with E-state index in [4.69, 9.17) is 15.4 Å². The number of phenols is 2. The first-order valence-electron chi connectivity index (χ1n) is 4.19. The summed E-state index contributed by atoms with van der Waals surface area (Å²) in [6, 6.07) is 2.04. The fraction of sp³-hybridized carbons (Fsp3) is 0.250. The summed E-state index contributed by atoms with van der Waals surface area (Å²) < 4.78 is 30.8. The average Bonchev–Trinajstić information content (AvgIpc) is 2.18. The van der Waals surface area contributed by atoms with Crippen molar-refractivity contribution in [3.8, 4) is 11.5 Å². The largest absolute Gasteiger partial charge is 0.504 e. The third-order valence-corrected chi connectivity index (χ3v) is 2.93. The van der Waals surface area contributed by atoms with Gasteiger partial charge in [-0.3, -0.25) is 4.55 Å². The van der Waals surface area contributed by atoms with E-state index in [9.17, 15) is 18.6 Å². The topological polar surface area (TPSA) is 141 Å². The Morgan fingerprint density at radius 3 is 2.31 bits per heavy atom. The van der Waals surface area contributed by atoms with Gasteiger partial charge in [0.1, 0.15) is 4.90 Å². The number of nitrogens with two attached hydrogens (primary N) is 1. The summed E-state index contributed by atoms with van der Waals surface area (Å²) in [5, 5.41) is 27.8. The molecule has 0 heterocycles. The van der Waals surface area contributed by atoms with Gasteiger partial charge < -0.3 is 21.1 Å². The molecule has 0 aliphatic rings. The highest BCUT2D eigenvalue weighted by molar-refractivity contribution is 7.86. The summed E-state index contributed by atoms with van der Waals surface area (Å²) in [4.78, 5) is -0.939. The number of benzene rings is 1. The minimum absolute atomic E-state index is 0.277. The Balaban J connectivity index is 3.58. The third-order valence-electron chi connectivity index (χ3n) is 1.98. The summed E-state index contributed by atoms with van der Waals surface area (Å²) in [7, 11) is -4.77. The van der Waals surface area contributed by atoms with Crippen LogP contribution in [0.5, 0.6) is 11.5 Å². The minimum atomic E-state index is -4.77. The SMILES string of the molecule is NC[C@@H](O)c1ccc(O)c(O)c1S(=O)(=O)O. The predicted molar refractivity (Wildman–Crippen MR) is 53.6 cm³/mol. The van der Waals surface area contributed by atoms with Crippen molar-refractivity contribution in [1.29, 1.82) is 0 Å². The van der Waals surface area contributed by atoms with Crippen molar-refractivity contribution < 1.29 is 28.3 Å². The van der Waals surface area contributed by atoms with Gasteiger partial charge in [0, 0.05) is 12.1 Å². The fourth-order valence-electron chi connectivity index (χ4n) is 1.24. The highest BCUT2D eigenvalue weighted by Crippen LogP contribution is 2.37. The number of hydrogen-bond acceptors (Lipinski definition) is 6. The van der Waals surface area contributed by atoms with Gasteiger partial charge in [-0.2, -0.15) is 8.42 Å². The van der Waals surface area contributed by atoms with Gasteiger partial charge in [-0.15, -0.1) is 0 Å². The van der Waals surface area contributed by atoms with E-state index in [1.165, 1.54) is 0 Å². The van der Waals surface area contributed by atoms with Crippen LogP contribution in [0, 0.1) is 0 Å². The molecule has 0 aliphatic heterocycles. The highest BCUT2D eigenvalue weighted by Gasteiger charge is 2.26. The molecule has 0 fully saturated rings. The van der Waals surface area contributed by atoms with Crippen molar-refractivity contribution in [3.05, 3.63) is 17.7 Å². The van der Waals surface area contributed by atoms with Gasteiger partial charge in [0.2, 0.25) is 0 Å². The van der Waals surface area contributed by atoms with Crippen LogP contribution in [0.2, 0.25) is 0 Å². The van der Waals surface area contributed by atoms with E-state index < -0.39 is 32.6 Å².